The number of carbonyl (C=O) groups excluding carboxylic acids is 3. The molecule has 0 unspecified atom stereocenters. The first-order valence-corrected chi connectivity index (χ1v) is 11.5. The van der Waals surface area contributed by atoms with Crippen LogP contribution in [0.25, 0.3) is 11.6 Å². The van der Waals surface area contributed by atoms with Gasteiger partial charge < -0.3 is 15.5 Å². The van der Waals surface area contributed by atoms with Crippen molar-refractivity contribution in [1.29, 1.82) is 0 Å². The van der Waals surface area contributed by atoms with Crippen LogP contribution in [0.1, 0.15) is 44.4 Å². The van der Waals surface area contributed by atoms with Crippen molar-refractivity contribution in [2.24, 2.45) is 0 Å². The molecule has 0 bridgehead atoms. The number of nitrogens with zero attached hydrogens (tertiary/aromatic N) is 2. The Balaban J connectivity index is 1.56. The van der Waals surface area contributed by atoms with Crippen molar-refractivity contribution < 1.29 is 18.8 Å². The Morgan fingerprint density at radius 3 is 2.49 bits per heavy atom. The molecule has 0 aliphatic carbocycles. The Morgan fingerprint density at radius 1 is 1.14 bits per heavy atom. The van der Waals surface area contributed by atoms with Gasteiger partial charge in [-0.05, 0) is 70.5 Å². The van der Waals surface area contributed by atoms with Gasteiger partial charge in [-0.15, -0.1) is 0 Å². The molecule has 2 aromatic carbocycles. The van der Waals surface area contributed by atoms with Gasteiger partial charge in [0.1, 0.15) is 18.1 Å². The van der Waals surface area contributed by atoms with Crippen LogP contribution >= 0.6 is 0 Å². The quantitative estimate of drug-likeness (QED) is 0.485. The smallest absolute Gasteiger partial charge is 0.329 e. The molecule has 1 saturated heterocycles. The Kier molecular flexibility index (Phi) is 6.23. The molecule has 35 heavy (non-hydrogen) atoms. The highest BCUT2D eigenvalue weighted by Crippen LogP contribution is 2.40. The molecule has 4 amide bonds. The molecule has 8 heteroatoms. The fraction of sp³-hybridized carbons (Fsp3) is 0.296. The zero-order valence-corrected chi connectivity index (χ0v) is 20.5. The van der Waals surface area contributed by atoms with Crippen molar-refractivity contribution in [1.82, 2.24) is 10.2 Å². The second-order valence-electron chi connectivity index (χ2n) is 9.41. The van der Waals surface area contributed by atoms with Crippen molar-refractivity contribution in [3.05, 3.63) is 70.7 Å². The lowest BCUT2D eigenvalue weighted by molar-refractivity contribution is -0.127. The van der Waals surface area contributed by atoms with Gasteiger partial charge in [0.25, 0.3) is 5.91 Å². The lowest BCUT2D eigenvalue weighted by Gasteiger charge is -2.42. The van der Waals surface area contributed by atoms with Crippen LogP contribution in [0.3, 0.4) is 0 Å². The van der Waals surface area contributed by atoms with Crippen LogP contribution < -0.4 is 15.5 Å². The molecular weight excluding hydrogens is 447 g/mol. The largest absolute Gasteiger partial charge is 0.363 e. The van der Waals surface area contributed by atoms with Crippen molar-refractivity contribution in [2.45, 2.75) is 40.2 Å². The van der Waals surface area contributed by atoms with Crippen molar-refractivity contribution in [3.8, 4) is 0 Å². The molecule has 0 spiro atoms. The minimum absolute atomic E-state index is 0.0814. The van der Waals surface area contributed by atoms with Gasteiger partial charge in [-0.25, -0.2) is 14.1 Å². The summed E-state index contributed by atoms with van der Waals surface area (Å²) in [4.78, 5) is 40.6. The zero-order valence-electron chi connectivity index (χ0n) is 20.5. The molecule has 2 aliphatic rings. The Morgan fingerprint density at radius 2 is 1.83 bits per heavy atom. The summed E-state index contributed by atoms with van der Waals surface area (Å²) in [5.41, 5.74) is 4.10. The summed E-state index contributed by atoms with van der Waals surface area (Å²) in [6.45, 7) is 10.3. The van der Waals surface area contributed by atoms with Crippen LogP contribution in [-0.2, 0) is 9.59 Å². The maximum Gasteiger partial charge on any atom is 0.329 e. The molecule has 2 N–H and O–H groups in total. The number of imide groups is 1. The number of anilines is 2. The summed E-state index contributed by atoms with van der Waals surface area (Å²) >= 11 is 0. The number of rotatable bonds is 5. The minimum Gasteiger partial charge on any atom is -0.363 e. The molecule has 0 saturated carbocycles. The monoisotopic (exact) mass is 476 g/mol. The number of amides is 4. The highest BCUT2D eigenvalue weighted by molar-refractivity contribution is 6.16. The van der Waals surface area contributed by atoms with Gasteiger partial charge in [0.15, 0.2) is 0 Å². The predicted octanol–water partition coefficient (Wildman–Crippen LogP) is 4.69. The molecule has 182 valence electrons. The second kappa shape index (κ2) is 9.02. The number of aryl methyl sites for hydroxylation is 1. The number of fused-ring (bicyclic) bond motifs is 1. The first-order chi connectivity index (χ1) is 16.5. The van der Waals surface area contributed by atoms with Gasteiger partial charge >= 0.3 is 6.03 Å². The Bertz CT molecular complexity index is 1280. The number of allylic oxidation sites excluding steroid dienone is 1. The molecule has 2 heterocycles. The van der Waals surface area contributed by atoms with Crippen molar-refractivity contribution in [3.63, 3.8) is 0 Å². The normalized spacial score (nSPS) is 17.9. The van der Waals surface area contributed by atoms with E-state index in [4.69, 9.17) is 0 Å². The molecule has 0 atom stereocenters. The van der Waals surface area contributed by atoms with Gasteiger partial charge in [-0.1, -0.05) is 23.8 Å². The number of hydrogen-bond acceptors (Lipinski definition) is 4. The average Bonchev–Trinajstić information content (AvgIpc) is 3.03. The summed E-state index contributed by atoms with van der Waals surface area (Å²) < 4.78 is 15.1. The summed E-state index contributed by atoms with van der Waals surface area (Å²) in [6.07, 6.45) is 3.45. The highest BCUT2D eigenvalue weighted by atomic mass is 19.1. The number of hydrogen-bond donors (Lipinski definition) is 2. The average molecular weight is 477 g/mol. The van der Waals surface area contributed by atoms with Gasteiger partial charge in [-0.3, -0.25) is 9.59 Å². The molecule has 0 aromatic heterocycles. The summed E-state index contributed by atoms with van der Waals surface area (Å²) in [7, 11) is 0. The third-order valence-electron chi connectivity index (χ3n) is 6.31. The van der Waals surface area contributed by atoms with E-state index < -0.39 is 30.2 Å². The third-order valence-corrected chi connectivity index (χ3v) is 6.31. The summed E-state index contributed by atoms with van der Waals surface area (Å²) in [5.74, 6) is -1.70. The van der Waals surface area contributed by atoms with Gasteiger partial charge in [0, 0.05) is 29.0 Å². The van der Waals surface area contributed by atoms with Crippen LogP contribution in [0.15, 0.2) is 48.2 Å². The molecule has 2 aliphatic heterocycles. The molecule has 1 fully saturated rings. The maximum atomic E-state index is 15.1. The zero-order chi connectivity index (χ0) is 25.5. The van der Waals surface area contributed by atoms with Gasteiger partial charge in [-0.2, -0.15) is 0 Å². The Hall–Kier alpha value is -3.94. The first kappa shape index (κ1) is 24.2. The SMILES string of the molecule is CCN1c2cc(F)c(/C=C3/NC(=O)N(CC(=O)Nc4ccc(C)cc4)C3=O)cc2C(C)=CC1(C)C. The number of halogens is 1. The number of benzene rings is 2. The van der Waals surface area contributed by atoms with Crippen LogP contribution in [0.5, 0.6) is 0 Å². The summed E-state index contributed by atoms with van der Waals surface area (Å²) in [5, 5.41) is 5.12. The third kappa shape index (κ3) is 4.69. The van der Waals surface area contributed by atoms with E-state index in [1.54, 1.807) is 18.2 Å². The lowest BCUT2D eigenvalue weighted by Crippen LogP contribution is -2.45. The fourth-order valence-corrected chi connectivity index (χ4v) is 4.65. The van der Waals surface area contributed by atoms with Crippen molar-refractivity contribution >= 4 is 40.9 Å². The van der Waals surface area contributed by atoms with E-state index in [1.165, 1.54) is 12.1 Å². The minimum atomic E-state index is -0.728. The van der Waals surface area contributed by atoms with Crippen LogP contribution in [0, 0.1) is 12.7 Å². The standard InChI is InChI=1S/C27H29FN4O3/c1-6-32-23-13-21(28)18(11-20(23)17(3)14-27(32,4)5)12-22-25(34)31(26(35)30-22)15-24(33)29-19-9-7-16(2)8-10-19/h7-14H,6,15H2,1-5H3,(H,29,33)(H,30,35)/b22-12+. The summed E-state index contributed by atoms with van der Waals surface area (Å²) in [6, 6.07) is 9.59. The number of nitrogens with one attached hydrogen (secondary N) is 2. The van der Waals surface area contributed by atoms with E-state index in [-0.39, 0.29) is 16.8 Å². The molecule has 7 nitrogen and oxygen atoms in total. The van der Waals surface area contributed by atoms with E-state index in [2.05, 4.69) is 35.5 Å². The van der Waals surface area contributed by atoms with Crippen LogP contribution in [0.4, 0.5) is 20.6 Å². The molecular formula is C27H29FN4O3. The highest BCUT2D eigenvalue weighted by Gasteiger charge is 2.36. The Labute approximate surface area is 204 Å². The fourth-order valence-electron chi connectivity index (χ4n) is 4.65. The van der Waals surface area contributed by atoms with Gasteiger partial charge in [0.2, 0.25) is 5.91 Å². The molecule has 0 radical (unpaired) electrons. The number of urea groups is 1. The molecule has 4 rings (SSSR count). The van der Waals surface area contributed by atoms with Gasteiger partial charge in [0.05, 0.1) is 5.54 Å². The van der Waals surface area contributed by atoms with E-state index in [0.717, 1.165) is 27.3 Å². The number of carbonyl (C=O) groups is 3. The van der Waals surface area contributed by atoms with E-state index >= 15 is 4.39 Å². The van der Waals surface area contributed by atoms with E-state index in [1.807, 2.05) is 32.9 Å². The maximum absolute atomic E-state index is 15.1. The topological polar surface area (TPSA) is 81.8 Å². The second-order valence-corrected chi connectivity index (χ2v) is 9.41. The van der Waals surface area contributed by atoms with E-state index in [9.17, 15) is 14.4 Å². The molecule has 2 aromatic rings. The van der Waals surface area contributed by atoms with Crippen molar-refractivity contribution in [2.75, 3.05) is 23.3 Å². The lowest BCUT2D eigenvalue weighted by atomic mass is 9.88. The first-order valence-electron chi connectivity index (χ1n) is 11.5. The van der Waals surface area contributed by atoms with Crippen LogP contribution in [0.2, 0.25) is 0 Å². The predicted molar refractivity (Wildman–Crippen MR) is 135 cm³/mol. The van der Waals surface area contributed by atoms with Crippen LogP contribution in [-0.4, -0.2) is 41.4 Å². The van der Waals surface area contributed by atoms with E-state index in [0.29, 0.717) is 12.2 Å². The number of likely N-dealkylation sites (N-methyl/N-ethyl adjacent to an activating group) is 1.